The quantitative estimate of drug-likeness (QED) is 0.628. The summed E-state index contributed by atoms with van der Waals surface area (Å²) in [7, 11) is 0. The van der Waals surface area contributed by atoms with Gasteiger partial charge in [-0.2, -0.15) is 0 Å². The number of rotatable bonds is 3. The highest BCUT2D eigenvalue weighted by atomic mass is 16.5. The monoisotopic (exact) mass is 198 g/mol. The lowest BCUT2D eigenvalue weighted by Gasteiger charge is -2.26. The molecule has 1 aliphatic rings. The van der Waals surface area contributed by atoms with Gasteiger partial charge in [0.25, 0.3) is 0 Å². The molecule has 1 fully saturated rings. The van der Waals surface area contributed by atoms with Crippen LogP contribution in [0.3, 0.4) is 0 Å². The molecule has 4 atom stereocenters. The predicted molar refractivity (Wildman–Crippen MR) is 61.3 cm³/mol. The van der Waals surface area contributed by atoms with Crippen LogP contribution in [0.4, 0.5) is 0 Å². The van der Waals surface area contributed by atoms with Crippen LogP contribution >= 0.6 is 0 Å². The van der Waals surface area contributed by atoms with E-state index in [9.17, 15) is 0 Å². The highest BCUT2D eigenvalue weighted by molar-refractivity contribution is 4.78. The van der Waals surface area contributed by atoms with E-state index in [0.29, 0.717) is 0 Å². The van der Waals surface area contributed by atoms with E-state index in [4.69, 9.17) is 4.74 Å². The standard InChI is InChI=1S/C13H26O/c1-5-14-9-13-11(3)7-6-10(2)8-12(13)4/h10-13H,5-9H2,1-4H3/t10?,11?,12?,13-/m0/s1. The van der Waals surface area contributed by atoms with Crippen LogP contribution in [0.15, 0.2) is 0 Å². The van der Waals surface area contributed by atoms with Crippen molar-refractivity contribution in [3.63, 3.8) is 0 Å². The fourth-order valence-electron chi connectivity index (χ4n) is 2.83. The molecule has 0 aliphatic heterocycles. The van der Waals surface area contributed by atoms with Gasteiger partial charge in [-0.3, -0.25) is 0 Å². The van der Waals surface area contributed by atoms with Crippen molar-refractivity contribution in [3.05, 3.63) is 0 Å². The number of ether oxygens (including phenoxy) is 1. The first kappa shape index (κ1) is 12.0. The van der Waals surface area contributed by atoms with Gasteiger partial charge in [0.2, 0.25) is 0 Å². The van der Waals surface area contributed by atoms with Crippen molar-refractivity contribution < 1.29 is 4.74 Å². The Balaban J connectivity index is 2.50. The normalized spacial score (nSPS) is 39.4. The maximum absolute atomic E-state index is 5.60. The Hall–Kier alpha value is -0.0400. The van der Waals surface area contributed by atoms with E-state index in [2.05, 4.69) is 27.7 Å². The van der Waals surface area contributed by atoms with Gasteiger partial charge in [0, 0.05) is 13.2 Å². The van der Waals surface area contributed by atoms with Crippen LogP contribution in [-0.4, -0.2) is 13.2 Å². The van der Waals surface area contributed by atoms with Crippen LogP contribution in [0.2, 0.25) is 0 Å². The maximum Gasteiger partial charge on any atom is 0.0499 e. The summed E-state index contributed by atoms with van der Waals surface area (Å²) < 4.78 is 5.60. The minimum atomic E-state index is 0.792. The molecule has 0 aromatic rings. The van der Waals surface area contributed by atoms with Crippen molar-refractivity contribution in [2.24, 2.45) is 23.7 Å². The molecule has 0 amide bonds. The minimum absolute atomic E-state index is 0.792. The van der Waals surface area contributed by atoms with E-state index in [-0.39, 0.29) is 0 Å². The Labute approximate surface area is 89.2 Å². The molecule has 84 valence electrons. The second kappa shape index (κ2) is 5.75. The van der Waals surface area contributed by atoms with E-state index in [1.165, 1.54) is 19.3 Å². The molecule has 1 saturated carbocycles. The van der Waals surface area contributed by atoms with E-state index in [0.717, 1.165) is 36.9 Å². The van der Waals surface area contributed by atoms with Gasteiger partial charge in [0.05, 0.1) is 0 Å². The fourth-order valence-corrected chi connectivity index (χ4v) is 2.83. The van der Waals surface area contributed by atoms with Crippen LogP contribution < -0.4 is 0 Å². The predicted octanol–water partition coefficient (Wildman–Crippen LogP) is 3.73. The van der Waals surface area contributed by atoms with E-state index >= 15 is 0 Å². The topological polar surface area (TPSA) is 9.23 Å². The van der Waals surface area contributed by atoms with Gasteiger partial charge in [-0.1, -0.05) is 33.6 Å². The Morgan fingerprint density at radius 2 is 1.79 bits per heavy atom. The zero-order chi connectivity index (χ0) is 10.6. The average Bonchev–Trinajstić information content (AvgIpc) is 2.25. The summed E-state index contributed by atoms with van der Waals surface area (Å²) >= 11 is 0. The summed E-state index contributed by atoms with van der Waals surface area (Å²) in [5.41, 5.74) is 0. The molecule has 0 radical (unpaired) electrons. The lowest BCUT2D eigenvalue weighted by Crippen LogP contribution is -2.23. The summed E-state index contributed by atoms with van der Waals surface area (Å²) in [4.78, 5) is 0. The summed E-state index contributed by atoms with van der Waals surface area (Å²) in [5, 5.41) is 0. The van der Waals surface area contributed by atoms with Crippen molar-refractivity contribution in [3.8, 4) is 0 Å². The summed E-state index contributed by atoms with van der Waals surface area (Å²) in [6.07, 6.45) is 4.19. The molecule has 1 aliphatic carbocycles. The molecule has 14 heavy (non-hydrogen) atoms. The van der Waals surface area contributed by atoms with Crippen LogP contribution in [0, 0.1) is 23.7 Å². The third-order valence-corrected chi connectivity index (χ3v) is 3.87. The molecule has 0 bridgehead atoms. The second-order valence-corrected chi connectivity index (χ2v) is 5.20. The molecule has 1 nitrogen and oxygen atoms in total. The molecule has 1 heteroatoms. The van der Waals surface area contributed by atoms with Gasteiger partial charge < -0.3 is 4.74 Å². The average molecular weight is 198 g/mol. The first-order chi connectivity index (χ1) is 6.65. The number of hydrogen-bond donors (Lipinski definition) is 0. The summed E-state index contributed by atoms with van der Waals surface area (Å²) in [5.74, 6) is 3.40. The molecule has 1 rings (SSSR count). The van der Waals surface area contributed by atoms with Crippen LogP contribution in [-0.2, 0) is 4.74 Å². The lowest BCUT2D eigenvalue weighted by molar-refractivity contribution is 0.0642. The summed E-state index contributed by atoms with van der Waals surface area (Å²) in [6, 6.07) is 0. The largest absolute Gasteiger partial charge is 0.381 e. The molecule has 0 saturated heterocycles. The Kier molecular flexibility index (Phi) is 4.94. The zero-order valence-corrected chi connectivity index (χ0v) is 10.3. The Bertz CT molecular complexity index is 155. The highest BCUT2D eigenvalue weighted by Crippen LogP contribution is 2.35. The molecule has 0 spiro atoms. The third-order valence-electron chi connectivity index (χ3n) is 3.87. The smallest absolute Gasteiger partial charge is 0.0499 e. The zero-order valence-electron chi connectivity index (χ0n) is 10.3. The van der Waals surface area contributed by atoms with Gasteiger partial charge in [0.15, 0.2) is 0 Å². The molecule has 0 aromatic carbocycles. The molecular formula is C13H26O. The molecular weight excluding hydrogens is 172 g/mol. The third kappa shape index (κ3) is 3.27. The highest BCUT2D eigenvalue weighted by Gasteiger charge is 2.28. The van der Waals surface area contributed by atoms with Crippen molar-refractivity contribution in [1.82, 2.24) is 0 Å². The minimum Gasteiger partial charge on any atom is -0.381 e. The van der Waals surface area contributed by atoms with E-state index in [1.807, 2.05) is 0 Å². The van der Waals surface area contributed by atoms with Crippen LogP contribution in [0.5, 0.6) is 0 Å². The van der Waals surface area contributed by atoms with Crippen molar-refractivity contribution in [2.45, 2.75) is 47.0 Å². The number of hydrogen-bond acceptors (Lipinski definition) is 1. The maximum atomic E-state index is 5.60. The first-order valence-electron chi connectivity index (χ1n) is 6.22. The summed E-state index contributed by atoms with van der Waals surface area (Å²) in [6.45, 7) is 11.1. The first-order valence-corrected chi connectivity index (χ1v) is 6.22. The van der Waals surface area contributed by atoms with Gasteiger partial charge in [-0.25, -0.2) is 0 Å². The van der Waals surface area contributed by atoms with Gasteiger partial charge in [-0.05, 0) is 37.0 Å². The Morgan fingerprint density at radius 3 is 2.43 bits per heavy atom. The van der Waals surface area contributed by atoms with E-state index < -0.39 is 0 Å². The fraction of sp³-hybridized carbons (Fsp3) is 1.00. The van der Waals surface area contributed by atoms with Crippen molar-refractivity contribution in [2.75, 3.05) is 13.2 Å². The van der Waals surface area contributed by atoms with Crippen LogP contribution in [0.1, 0.15) is 47.0 Å². The van der Waals surface area contributed by atoms with Crippen molar-refractivity contribution >= 4 is 0 Å². The van der Waals surface area contributed by atoms with Gasteiger partial charge in [-0.15, -0.1) is 0 Å². The van der Waals surface area contributed by atoms with Crippen molar-refractivity contribution in [1.29, 1.82) is 0 Å². The van der Waals surface area contributed by atoms with Gasteiger partial charge >= 0.3 is 0 Å². The molecule has 0 heterocycles. The lowest BCUT2D eigenvalue weighted by atomic mass is 9.82. The van der Waals surface area contributed by atoms with Gasteiger partial charge in [0.1, 0.15) is 0 Å². The van der Waals surface area contributed by atoms with Crippen LogP contribution in [0.25, 0.3) is 0 Å². The SMILES string of the molecule is CCOC[C@H]1C(C)CCC(C)CC1C. The van der Waals surface area contributed by atoms with E-state index in [1.54, 1.807) is 0 Å². The second-order valence-electron chi connectivity index (χ2n) is 5.20. The Morgan fingerprint density at radius 1 is 1.07 bits per heavy atom. The molecule has 0 N–H and O–H groups in total. The molecule has 0 aromatic heterocycles. The molecule has 3 unspecified atom stereocenters.